The molecule has 0 spiro atoms. The van der Waals surface area contributed by atoms with Crippen molar-refractivity contribution in [1.29, 1.82) is 0 Å². The molecule has 0 amide bonds. The van der Waals surface area contributed by atoms with Crippen LogP contribution in [0, 0.1) is 5.92 Å². The van der Waals surface area contributed by atoms with Crippen molar-refractivity contribution in [2.45, 2.75) is 32.4 Å². The summed E-state index contributed by atoms with van der Waals surface area (Å²) >= 11 is 0. The molecule has 1 aliphatic heterocycles. The summed E-state index contributed by atoms with van der Waals surface area (Å²) in [6.45, 7) is 5.98. The van der Waals surface area contributed by atoms with E-state index >= 15 is 0 Å². The van der Waals surface area contributed by atoms with Crippen LogP contribution in [0.4, 0.5) is 0 Å². The molecule has 1 aromatic rings. The highest BCUT2D eigenvalue weighted by atomic mass is 16.4. The van der Waals surface area contributed by atoms with Crippen molar-refractivity contribution >= 4 is 5.97 Å². The second-order valence-electron chi connectivity index (χ2n) is 6.08. The van der Waals surface area contributed by atoms with E-state index in [9.17, 15) is 9.90 Å². The first-order valence-corrected chi connectivity index (χ1v) is 7.79. The average Bonchev–Trinajstić information content (AvgIpc) is 2.87. The van der Waals surface area contributed by atoms with Crippen molar-refractivity contribution in [3.8, 4) is 0 Å². The van der Waals surface area contributed by atoms with Crippen LogP contribution in [0.25, 0.3) is 0 Å². The van der Waals surface area contributed by atoms with Gasteiger partial charge in [0.15, 0.2) is 0 Å². The van der Waals surface area contributed by atoms with Crippen LogP contribution in [0.15, 0.2) is 30.3 Å². The van der Waals surface area contributed by atoms with Gasteiger partial charge in [-0.15, -0.1) is 0 Å². The fraction of sp³-hybridized carbons (Fsp3) is 0.588. The minimum atomic E-state index is -0.709. The van der Waals surface area contributed by atoms with Crippen molar-refractivity contribution in [3.05, 3.63) is 35.9 Å². The number of benzene rings is 1. The van der Waals surface area contributed by atoms with Gasteiger partial charge < -0.3 is 5.11 Å². The Kier molecular flexibility index (Phi) is 5.76. The Morgan fingerprint density at radius 3 is 2.76 bits per heavy atom. The van der Waals surface area contributed by atoms with Gasteiger partial charge in [0.25, 0.3) is 0 Å². The molecule has 2 rings (SSSR count). The molecule has 1 saturated heterocycles. The lowest BCUT2D eigenvalue weighted by atomic mass is 10.1. The largest absolute Gasteiger partial charge is 0.480 e. The summed E-state index contributed by atoms with van der Waals surface area (Å²) in [4.78, 5) is 15.7. The van der Waals surface area contributed by atoms with E-state index in [4.69, 9.17) is 0 Å². The summed E-state index contributed by atoms with van der Waals surface area (Å²) < 4.78 is 0. The van der Waals surface area contributed by atoms with Gasteiger partial charge in [0, 0.05) is 19.6 Å². The van der Waals surface area contributed by atoms with Gasteiger partial charge in [-0.1, -0.05) is 37.3 Å². The Morgan fingerprint density at radius 2 is 2.14 bits per heavy atom. The van der Waals surface area contributed by atoms with Crippen LogP contribution in [0.3, 0.4) is 0 Å². The summed E-state index contributed by atoms with van der Waals surface area (Å²) in [5.41, 5.74) is 1.35. The SMILES string of the molecule is CCC(C(=O)O)N(C)CC1CCN(Cc2ccccc2)C1. The number of nitrogens with zero attached hydrogens (tertiary/aromatic N) is 2. The number of hydrogen-bond acceptors (Lipinski definition) is 3. The lowest BCUT2D eigenvalue weighted by Gasteiger charge is -2.26. The first-order valence-electron chi connectivity index (χ1n) is 7.79. The van der Waals surface area contributed by atoms with Gasteiger partial charge in [-0.3, -0.25) is 14.6 Å². The van der Waals surface area contributed by atoms with Gasteiger partial charge in [-0.25, -0.2) is 0 Å². The molecule has 116 valence electrons. The number of likely N-dealkylation sites (N-methyl/N-ethyl adjacent to an activating group) is 1. The number of aliphatic carboxylic acids is 1. The summed E-state index contributed by atoms with van der Waals surface area (Å²) in [6.07, 6.45) is 1.82. The lowest BCUT2D eigenvalue weighted by Crippen LogP contribution is -2.41. The molecular weight excluding hydrogens is 264 g/mol. The molecule has 1 N–H and O–H groups in total. The van der Waals surface area contributed by atoms with Gasteiger partial charge in [0.2, 0.25) is 0 Å². The van der Waals surface area contributed by atoms with Crippen molar-refractivity contribution in [3.63, 3.8) is 0 Å². The molecule has 4 heteroatoms. The van der Waals surface area contributed by atoms with Crippen molar-refractivity contribution in [2.75, 3.05) is 26.7 Å². The zero-order chi connectivity index (χ0) is 15.2. The smallest absolute Gasteiger partial charge is 0.320 e. The van der Waals surface area contributed by atoms with E-state index in [-0.39, 0.29) is 6.04 Å². The zero-order valence-electron chi connectivity index (χ0n) is 13.0. The molecular formula is C17H26N2O2. The van der Waals surface area contributed by atoms with E-state index < -0.39 is 5.97 Å². The minimum absolute atomic E-state index is 0.354. The maximum atomic E-state index is 11.2. The fourth-order valence-electron chi connectivity index (χ4n) is 3.26. The van der Waals surface area contributed by atoms with Crippen LogP contribution >= 0.6 is 0 Å². The molecule has 0 radical (unpaired) electrons. The molecule has 4 nitrogen and oxygen atoms in total. The van der Waals surface area contributed by atoms with Gasteiger partial charge in [-0.05, 0) is 37.9 Å². The Balaban J connectivity index is 1.81. The second kappa shape index (κ2) is 7.57. The third kappa shape index (κ3) is 4.55. The van der Waals surface area contributed by atoms with Crippen LogP contribution in [0.2, 0.25) is 0 Å². The number of likely N-dealkylation sites (tertiary alicyclic amines) is 1. The number of rotatable bonds is 7. The molecule has 1 heterocycles. The predicted octanol–water partition coefficient (Wildman–Crippen LogP) is 2.30. The van der Waals surface area contributed by atoms with Crippen molar-refractivity contribution < 1.29 is 9.90 Å². The highest BCUT2D eigenvalue weighted by Crippen LogP contribution is 2.20. The molecule has 0 aromatic heterocycles. The second-order valence-corrected chi connectivity index (χ2v) is 6.08. The molecule has 1 aliphatic rings. The molecule has 0 aliphatic carbocycles. The first kappa shape index (κ1) is 16.0. The van der Waals surface area contributed by atoms with Gasteiger partial charge in [-0.2, -0.15) is 0 Å². The monoisotopic (exact) mass is 290 g/mol. The number of carbonyl (C=O) groups is 1. The van der Waals surface area contributed by atoms with E-state index in [1.54, 1.807) is 0 Å². The Hall–Kier alpha value is -1.39. The molecule has 1 aromatic carbocycles. The molecule has 2 atom stereocenters. The third-order valence-corrected chi connectivity index (χ3v) is 4.37. The zero-order valence-corrected chi connectivity index (χ0v) is 13.0. The number of hydrogen-bond donors (Lipinski definition) is 1. The van der Waals surface area contributed by atoms with Crippen LogP contribution in [0.1, 0.15) is 25.3 Å². The van der Waals surface area contributed by atoms with E-state index in [1.807, 2.05) is 24.9 Å². The average molecular weight is 290 g/mol. The van der Waals surface area contributed by atoms with E-state index in [2.05, 4.69) is 29.2 Å². The maximum Gasteiger partial charge on any atom is 0.320 e. The molecule has 0 bridgehead atoms. The molecule has 1 fully saturated rings. The van der Waals surface area contributed by atoms with E-state index in [0.29, 0.717) is 12.3 Å². The quantitative estimate of drug-likeness (QED) is 0.837. The molecule has 21 heavy (non-hydrogen) atoms. The fourth-order valence-corrected chi connectivity index (χ4v) is 3.26. The van der Waals surface area contributed by atoms with Crippen LogP contribution in [-0.2, 0) is 11.3 Å². The van der Waals surface area contributed by atoms with E-state index in [0.717, 1.165) is 32.6 Å². The van der Waals surface area contributed by atoms with Gasteiger partial charge >= 0.3 is 5.97 Å². The Labute approximate surface area is 127 Å². The normalized spacial score (nSPS) is 20.8. The predicted molar refractivity (Wildman–Crippen MR) is 84.2 cm³/mol. The van der Waals surface area contributed by atoms with Gasteiger partial charge in [0.05, 0.1) is 0 Å². The number of carboxylic acids is 1. The topological polar surface area (TPSA) is 43.8 Å². The number of carboxylic acid groups (broad SMARTS) is 1. The van der Waals surface area contributed by atoms with Crippen LogP contribution < -0.4 is 0 Å². The summed E-state index contributed by atoms with van der Waals surface area (Å²) in [7, 11) is 1.93. The summed E-state index contributed by atoms with van der Waals surface area (Å²) in [6, 6.07) is 10.2. The van der Waals surface area contributed by atoms with Crippen LogP contribution in [0.5, 0.6) is 0 Å². The van der Waals surface area contributed by atoms with Gasteiger partial charge in [0.1, 0.15) is 6.04 Å². The molecule has 2 unspecified atom stereocenters. The highest BCUT2D eigenvalue weighted by Gasteiger charge is 2.27. The van der Waals surface area contributed by atoms with E-state index in [1.165, 1.54) is 5.56 Å². The van der Waals surface area contributed by atoms with Crippen molar-refractivity contribution in [2.24, 2.45) is 5.92 Å². The minimum Gasteiger partial charge on any atom is -0.480 e. The Bertz CT molecular complexity index is 449. The highest BCUT2D eigenvalue weighted by molar-refractivity contribution is 5.73. The maximum absolute atomic E-state index is 11.2. The first-order chi connectivity index (χ1) is 10.1. The Morgan fingerprint density at radius 1 is 1.43 bits per heavy atom. The standard InChI is InChI=1S/C17H26N2O2/c1-3-16(17(20)21)18(2)11-15-9-10-19(13-15)12-14-7-5-4-6-8-14/h4-8,15-16H,3,9-13H2,1-2H3,(H,20,21). The molecule has 0 saturated carbocycles. The summed E-state index contributed by atoms with van der Waals surface area (Å²) in [5.74, 6) is -0.133. The third-order valence-electron chi connectivity index (χ3n) is 4.37. The summed E-state index contributed by atoms with van der Waals surface area (Å²) in [5, 5.41) is 9.21. The van der Waals surface area contributed by atoms with Crippen LogP contribution in [-0.4, -0.2) is 53.6 Å². The lowest BCUT2D eigenvalue weighted by molar-refractivity contribution is -0.143. The van der Waals surface area contributed by atoms with Crippen molar-refractivity contribution in [1.82, 2.24) is 9.80 Å².